The third-order valence-corrected chi connectivity index (χ3v) is 6.72. The number of carbonyl (C=O) groups excluding carboxylic acids is 3. The van der Waals surface area contributed by atoms with E-state index in [0.717, 1.165) is 0 Å². The fourth-order valence-corrected chi connectivity index (χ4v) is 5.15. The van der Waals surface area contributed by atoms with Crippen molar-refractivity contribution in [2.75, 3.05) is 11.1 Å². The molecule has 3 aromatic rings. The normalized spacial score (nSPS) is 17.7. The van der Waals surface area contributed by atoms with Gasteiger partial charge in [0.25, 0.3) is 0 Å². The van der Waals surface area contributed by atoms with E-state index in [4.69, 9.17) is 19.9 Å². The Kier molecular flexibility index (Phi) is 6.69. The van der Waals surface area contributed by atoms with E-state index in [1.807, 2.05) is 26.0 Å². The smallest absolute Gasteiger partial charge is 0.408 e. The van der Waals surface area contributed by atoms with Crippen molar-refractivity contribution in [3.05, 3.63) is 82.9 Å². The van der Waals surface area contributed by atoms with Crippen LogP contribution in [0.1, 0.15) is 68.1 Å². The van der Waals surface area contributed by atoms with Crippen LogP contribution in [0.15, 0.2) is 60.7 Å². The monoisotopic (exact) mass is 543 g/mol. The van der Waals surface area contributed by atoms with Crippen LogP contribution >= 0.6 is 0 Å². The van der Waals surface area contributed by atoms with Gasteiger partial charge in [0, 0.05) is 40.2 Å². The molecule has 0 saturated heterocycles. The second kappa shape index (κ2) is 9.89. The first kappa shape index (κ1) is 27.1. The summed E-state index contributed by atoms with van der Waals surface area (Å²) < 4.78 is 17.7. The Bertz CT molecular complexity index is 1510. The second-order valence-corrected chi connectivity index (χ2v) is 11.5. The van der Waals surface area contributed by atoms with Gasteiger partial charge in [-0.05, 0) is 63.4 Å². The SMILES string of the molecule is CC(C)C[C@H](NC(=O)OC(C)(C)C)C(=O)Nc1ccc2c(c1)Oc1cc(N)ccc1C21OC(=O)c2ccccc21. The standard InChI is InChI=1S/C31H33N3O6/c1-17(2)14-24(34-29(37)40-30(3,4)5)27(35)33-19-11-13-23-26(16-19)38-25-15-18(32)10-12-22(25)31(23)21-9-7-6-8-20(21)28(36)39-31/h6-13,15-17,24H,14,32H2,1-5H3,(H,33,35)(H,34,37)/t24-,31?/m0/s1. The van der Waals surface area contributed by atoms with Crippen molar-refractivity contribution in [2.24, 2.45) is 5.92 Å². The lowest BCUT2D eigenvalue weighted by atomic mass is 9.77. The largest absolute Gasteiger partial charge is 0.456 e. The van der Waals surface area contributed by atoms with Crippen LogP contribution in [0.2, 0.25) is 0 Å². The Hall–Kier alpha value is -4.53. The highest BCUT2D eigenvalue weighted by Crippen LogP contribution is 2.56. The Morgan fingerprint density at radius 3 is 2.35 bits per heavy atom. The van der Waals surface area contributed by atoms with Crippen LogP contribution < -0.4 is 21.1 Å². The van der Waals surface area contributed by atoms with Crippen molar-refractivity contribution in [1.29, 1.82) is 0 Å². The number of nitrogen functional groups attached to an aromatic ring is 1. The number of benzene rings is 3. The van der Waals surface area contributed by atoms with Gasteiger partial charge < -0.3 is 30.6 Å². The molecule has 0 aromatic heterocycles. The van der Waals surface area contributed by atoms with Gasteiger partial charge in [-0.1, -0.05) is 32.0 Å². The third kappa shape index (κ3) is 4.95. The summed E-state index contributed by atoms with van der Waals surface area (Å²) >= 11 is 0. The molecule has 5 rings (SSSR count). The number of nitrogens with one attached hydrogen (secondary N) is 2. The van der Waals surface area contributed by atoms with Gasteiger partial charge in [0.2, 0.25) is 5.91 Å². The number of alkyl carbamates (subject to hydrolysis) is 1. The number of anilines is 2. The molecule has 2 atom stereocenters. The predicted molar refractivity (Wildman–Crippen MR) is 150 cm³/mol. The number of fused-ring (bicyclic) bond motifs is 6. The maximum Gasteiger partial charge on any atom is 0.408 e. The molecule has 40 heavy (non-hydrogen) atoms. The molecule has 0 bridgehead atoms. The van der Waals surface area contributed by atoms with Crippen molar-refractivity contribution in [1.82, 2.24) is 5.32 Å². The number of rotatable bonds is 5. The highest BCUT2D eigenvalue weighted by Gasteiger charge is 2.53. The first-order chi connectivity index (χ1) is 18.9. The van der Waals surface area contributed by atoms with Crippen LogP contribution in [0.4, 0.5) is 16.2 Å². The van der Waals surface area contributed by atoms with Crippen LogP contribution in [0.3, 0.4) is 0 Å². The van der Waals surface area contributed by atoms with Crippen LogP contribution in [-0.2, 0) is 19.9 Å². The Morgan fingerprint density at radius 2 is 1.65 bits per heavy atom. The van der Waals surface area contributed by atoms with Gasteiger partial charge in [0.15, 0.2) is 5.60 Å². The molecule has 4 N–H and O–H groups in total. The second-order valence-electron chi connectivity index (χ2n) is 11.5. The van der Waals surface area contributed by atoms with Crippen molar-refractivity contribution < 1.29 is 28.6 Å². The molecule has 0 radical (unpaired) electrons. The molecule has 9 heteroatoms. The highest BCUT2D eigenvalue weighted by molar-refractivity contribution is 5.98. The molecule has 2 aliphatic rings. The first-order valence-electron chi connectivity index (χ1n) is 13.2. The highest BCUT2D eigenvalue weighted by atomic mass is 16.6. The molecule has 208 valence electrons. The van der Waals surface area contributed by atoms with E-state index in [1.165, 1.54) is 0 Å². The molecule has 2 aliphatic heterocycles. The molecule has 0 fully saturated rings. The summed E-state index contributed by atoms with van der Waals surface area (Å²) in [5.74, 6) is 0.155. The minimum atomic E-state index is -1.23. The summed E-state index contributed by atoms with van der Waals surface area (Å²) in [7, 11) is 0. The fourth-order valence-electron chi connectivity index (χ4n) is 5.15. The molecule has 0 aliphatic carbocycles. The number of esters is 1. The first-order valence-corrected chi connectivity index (χ1v) is 13.2. The van der Waals surface area contributed by atoms with Gasteiger partial charge >= 0.3 is 12.1 Å². The van der Waals surface area contributed by atoms with E-state index in [-0.39, 0.29) is 5.92 Å². The van der Waals surface area contributed by atoms with Gasteiger partial charge in [0.1, 0.15) is 23.1 Å². The summed E-state index contributed by atoms with van der Waals surface area (Å²) in [6.45, 7) is 9.21. The number of hydrogen-bond acceptors (Lipinski definition) is 7. The predicted octanol–water partition coefficient (Wildman–Crippen LogP) is 5.71. The van der Waals surface area contributed by atoms with Crippen molar-refractivity contribution in [3.63, 3.8) is 0 Å². The van der Waals surface area contributed by atoms with Crippen LogP contribution in [0.25, 0.3) is 0 Å². The summed E-state index contributed by atoms with van der Waals surface area (Å²) in [6, 6.07) is 16.8. The maximum atomic E-state index is 13.3. The zero-order valence-electron chi connectivity index (χ0n) is 23.2. The van der Waals surface area contributed by atoms with E-state index in [2.05, 4.69) is 10.6 Å². The minimum Gasteiger partial charge on any atom is -0.456 e. The van der Waals surface area contributed by atoms with Crippen molar-refractivity contribution in [3.8, 4) is 11.5 Å². The fraction of sp³-hybridized carbons (Fsp3) is 0.323. The Labute approximate surface area is 233 Å². The quantitative estimate of drug-likeness (QED) is 0.277. The molecular weight excluding hydrogens is 510 g/mol. The lowest BCUT2D eigenvalue weighted by Gasteiger charge is -2.36. The topological polar surface area (TPSA) is 129 Å². The van der Waals surface area contributed by atoms with Gasteiger partial charge in [-0.3, -0.25) is 4.79 Å². The number of carbonyl (C=O) groups is 3. The molecule has 1 spiro atoms. The van der Waals surface area contributed by atoms with E-state index in [1.54, 1.807) is 69.3 Å². The van der Waals surface area contributed by atoms with E-state index in [0.29, 0.717) is 51.5 Å². The van der Waals surface area contributed by atoms with Gasteiger partial charge in [-0.25, -0.2) is 9.59 Å². The summed E-state index contributed by atoms with van der Waals surface area (Å²) in [6.07, 6.45) is -0.255. The zero-order valence-corrected chi connectivity index (χ0v) is 23.2. The average molecular weight is 544 g/mol. The molecular formula is C31H33N3O6. The van der Waals surface area contributed by atoms with Gasteiger partial charge in [-0.2, -0.15) is 0 Å². The summed E-state index contributed by atoms with van der Waals surface area (Å²) in [5, 5.41) is 5.57. The Balaban J connectivity index is 1.50. The number of nitrogens with two attached hydrogens (primary N) is 1. The van der Waals surface area contributed by atoms with Gasteiger partial charge in [0.05, 0.1) is 5.56 Å². The lowest BCUT2D eigenvalue weighted by Crippen LogP contribution is -2.46. The third-order valence-electron chi connectivity index (χ3n) is 6.72. The number of amides is 2. The average Bonchev–Trinajstić information content (AvgIpc) is 3.15. The Morgan fingerprint density at radius 1 is 0.975 bits per heavy atom. The molecule has 2 amide bonds. The summed E-state index contributed by atoms with van der Waals surface area (Å²) in [4.78, 5) is 38.7. The molecule has 3 aromatic carbocycles. The molecule has 9 nitrogen and oxygen atoms in total. The lowest BCUT2D eigenvalue weighted by molar-refractivity contribution is -0.118. The van der Waals surface area contributed by atoms with E-state index < -0.39 is 35.2 Å². The van der Waals surface area contributed by atoms with Crippen LogP contribution in [0, 0.1) is 5.92 Å². The molecule has 1 unspecified atom stereocenters. The zero-order chi connectivity index (χ0) is 28.8. The number of ether oxygens (including phenoxy) is 3. The van der Waals surface area contributed by atoms with Crippen molar-refractivity contribution >= 4 is 29.3 Å². The summed E-state index contributed by atoms with van der Waals surface area (Å²) in [5.41, 5.74) is 7.52. The molecule has 2 heterocycles. The number of hydrogen-bond donors (Lipinski definition) is 3. The van der Waals surface area contributed by atoms with Crippen molar-refractivity contribution in [2.45, 2.75) is 58.3 Å². The minimum absolute atomic E-state index is 0.136. The van der Waals surface area contributed by atoms with Crippen LogP contribution in [-0.4, -0.2) is 29.6 Å². The van der Waals surface area contributed by atoms with E-state index >= 15 is 0 Å². The van der Waals surface area contributed by atoms with Gasteiger partial charge in [-0.15, -0.1) is 0 Å². The van der Waals surface area contributed by atoms with E-state index in [9.17, 15) is 14.4 Å². The van der Waals surface area contributed by atoms with Crippen LogP contribution in [0.5, 0.6) is 11.5 Å². The molecule has 0 saturated carbocycles. The maximum absolute atomic E-state index is 13.3.